The molecule has 2 unspecified atom stereocenters. The predicted molar refractivity (Wildman–Crippen MR) is 82.4 cm³/mol. The number of carbonyl (C=O) groups is 1. The van der Waals surface area contributed by atoms with Gasteiger partial charge in [-0.1, -0.05) is 25.1 Å². The number of nitrogens with two attached hydrogens (primary N) is 1. The summed E-state index contributed by atoms with van der Waals surface area (Å²) in [6.07, 6.45) is 2.35. The molecule has 0 spiro atoms. The van der Waals surface area contributed by atoms with Crippen LogP contribution in [0.5, 0.6) is 0 Å². The van der Waals surface area contributed by atoms with Crippen LogP contribution in [0.1, 0.15) is 32.3 Å². The van der Waals surface area contributed by atoms with E-state index in [0.29, 0.717) is 19.1 Å². The number of nitrogens with one attached hydrogen (secondary N) is 1. The second kappa shape index (κ2) is 6.86. The highest BCUT2D eigenvalue weighted by atomic mass is 16.2. The standard InChI is InChI=1S/C16H25N3O/c1-12-7-8-19(13(2)9-12)11-16(20)18-15-6-4-3-5-14(15)10-17/h3-6,12-13H,7-11,17H2,1-2H3,(H,18,20). The van der Waals surface area contributed by atoms with Crippen molar-refractivity contribution >= 4 is 11.6 Å². The van der Waals surface area contributed by atoms with Crippen molar-refractivity contribution in [2.75, 3.05) is 18.4 Å². The first kappa shape index (κ1) is 15.0. The SMILES string of the molecule is CC1CCN(CC(=O)Nc2ccccc2CN)C(C)C1. The number of hydrogen-bond acceptors (Lipinski definition) is 3. The van der Waals surface area contributed by atoms with Crippen LogP contribution < -0.4 is 11.1 Å². The second-order valence-corrected chi connectivity index (χ2v) is 5.86. The van der Waals surface area contributed by atoms with Crippen LogP contribution in [-0.4, -0.2) is 29.9 Å². The van der Waals surface area contributed by atoms with E-state index in [1.54, 1.807) is 0 Å². The zero-order valence-electron chi connectivity index (χ0n) is 12.4. The number of nitrogens with zero attached hydrogens (tertiary/aromatic N) is 1. The maximum absolute atomic E-state index is 12.2. The van der Waals surface area contributed by atoms with Gasteiger partial charge in [-0.3, -0.25) is 9.69 Å². The molecule has 0 aliphatic carbocycles. The molecule has 1 aromatic rings. The molecular weight excluding hydrogens is 250 g/mol. The number of carbonyl (C=O) groups excluding carboxylic acids is 1. The van der Waals surface area contributed by atoms with Crippen LogP contribution in [0.4, 0.5) is 5.69 Å². The first-order valence-corrected chi connectivity index (χ1v) is 7.42. The van der Waals surface area contributed by atoms with E-state index < -0.39 is 0 Å². The van der Waals surface area contributed by atoms with Crippen molar-refractivity contribution in [2.24, 2.45) is 11.7 Å². The zero-order chi connectivity index (χ0) is 14.5. The fourth-order valence-corrected chi connectivity index (χ4v) is 2.89. The van der Waals surface area contributed by atoms with Gasteiger partial charge >= 0.3 is 0 Å². The lowest BCUT2D eigenvalue weighted by Gasteiger charge is -2.35. The van der Waals surface area contributed by atoms with E-state index in [4.69, 9.17) is 5.73 Å². The number of likely N-dealkylation sites (tertiary alicyclic amines) is 1. The second-order valence-electron chi connectivity index (χ2n) is 5.86. The smallest absolute Gasteiger partial charge is 0.238 e. The largest absolute Gasteiger partial charge is 0.326 e. The molecule has 1 saturated heterocycles. The molecule has 20 heavy (non-hydrogen) atoms. The molecule has 1 aromatic carbocycles. The van der Waals surface area contributed by atoms with Crippen molar-refractivity contribution in [3.05, 3.63) is 29.8 Å². The Labute approximate surface area is 121 Å². The molecule has 2 rings (SSSR count). The van der Waals surface area contributed by atoms with Crippen LogP contribution in [-0.2, 0) is 11.3 Å². The van der Waals surface area contributed by atoms with Gasteiger partial charge in [-0.05, 0) is 43.9 Å². The highest BCUT2D eigenvalue weighted by molar-refractivity contribution is 5.93. The Morgan fingerprint density at radius 2 is 2.15 bits per heavy atom. The molecule has 2 atom stereocenters. The van der Waals surface area contributed by atoms with Crippen LogP contribution in [0.2, 0.25) is 0 Å². The third-order valence-electron chi connectivity index (χ3n) is 4.13. The van der Waals surface area contributed by atoms with E-state index in [1.165, 1.54) is 12.8 Å². The Morgan fingerprint density at radius 1 is 1.40 bits per heavy atom. The zero-order valence-corrected chi connectivity index (χ0v) is 12.4. The Bertz CT molecular complexity index is 461. The molecule has 4 heteroatoms. The number of hydrogen-bond donors (Lipinski definition) is 2. The van der Waals surface area contributed by atoms with E-state index in [1.807, 2.05) is 24.3 Å². The van der Waals surface area contributed by atoms with Gasteiger partial charge in [0.05, 0.1) is 6.54 Å². The first-order valence-electron chi connectivity index (χ1n) is 7.42. The monoisotopic (exact) mass is 275 g/mol. The summed E-state index contributed by atoms with van der Waals surface area (Å²) >= 11 is 0. The summed E-state index contributed by atoms with van der Waals surface area (Å²) in [4.78, 5) is 14.4. The van der Waals surface area contributed by atoms with Crippen LogP contribution >= 0.6 is 0 Å². The summed E-state index contributed by atoms with van der Waals surface area (Å²) in [5.74, 6) is 0.814. The molecule has 0 saturated carbocycles. The minimum atomic E-state index is 0.0484. The fourth-order valence-electron chi connectivity index (χ4n) is 2.89. The fraction of sp³-hybridized carbons (Fsp3) is 0.562. The van der Waals surface area contributed by atoms with Crippen LogP contribution in [0, 0.1) is 5.92 Å². The van der Waals surface area contributed by atoms with Crippen LogP contribution in [0.25, 0.3) is 0 Å². The van der Waals surface area contributed by atoms with Crippen molar-refractivity contribution in [3.8, 4) is 0 Å². The van der Waals surface area contributed by atoms with E-state index in [2.05, 4.69) is 24.1 Å². The summed E-state index contributed by atoms with van der Waals surface area (Å²) in [6, 6.07) is 8.18. The Kier molecular flexibility index (Phi) is 5.15. The minimum Gasteiger partial charge on any atom is -0.326 e. The average Bonchev–Trinajstić information content (AvgIpc) is 2.42. The van der Waals surface area contributed by atoms with Gasteiger partial charge in [0.2, 0.25) is 5.91 Å². The maximum Gasteiger partial charge on any atom is 0.238 e. The highest BCUT2D eigenvalue weighted by Gasteiger charge is 2.24. The molecule has 1 aliphatic heterocycles. The summed E-state index contributed by atoms with van der Waals surface area (Å²) in [6.45, 7) is 6.40. The number of anilines is 1. The lowest BCUT2D eigenvalue weighted by Crippen LogP contribution is -2.44. The number of rotatable bonds is 4. The van der Waals surface area contributed by atoms with Crippen LogP contribution in [0.3, 0.4) is 0 Å². The summed E-state index contributed by atoms with van der Waals surface area (Å²) < 4.78 is 0. The van der Waals surface area contributed by atoms with E-state index in [9.17, 15) is 4.79 Å². The number of para-hydroxylation sites is 1. The Balaban J connectivity index is 1.92. The number of piperidine rings is 1. The number of benzene rings is 1. The van der Waals surface area contributed by atoms with E-state index in [-0.39, 0.29) is 5.91 Å². The third-order valence-corrected chi connectivity index (χ3v) is 4.13. The molecule has 1 aliphatic rings. The molecule has 1 heterocycles. The third kappa shape index (κ3) is 3.81. The van der Waals surface area contributed by atoms with Gasteiger partial charge in [0.15, 0.2) is 0 Å². The van der Waals surface area contributed by atoms with Crippen molar-refractivity contribution in [2.45, 2.75) is 39.3 Å². The van der Waals surface area contributed by atoms with Crippen LogP contribution in [0.15, 0.2) is 24.3 Å². The first-order chi connectivity index (χ1) is 9.60. The van der Waals surface area contributed by atoms with Gasteiger partial charge in [-0.25, -0.2) is 0 Å². The molecule has 4 nitrogen and oxygen atoms in total. The van der Waals surface area contributed by atoms with Crippen molar-refractivity contribution < 1.29 is 4.79 Å². The van der Waals surface area contributed by atoms with Gasteiger partial charge in [-0.2, -0.15) is 0 Å². The van der Waals surface area contributed by atoms with Gasteiger partial charge in [-0.15, -0.1) is 0 Å². The van der Waals surface area contributed by atoms with E-state index >= 15 is 0 Å². The van der Waals surface area contributed by atoms with Crippen molar-refractivity contribution in [1.29, 1.82) is 0 Å². The summed E-state index contributed by atoms with van der Waals surface area (Å²) in [5, 5.41) is 2.98. The molecule has 3 N–H and O–H groups in total. The molecule has 1 amide bonds. The molecular formula is C16H25N3O. The quantitative estimate of drug-likeness (QED) is 0.885. The maximum atomic E-state index is 12.2. The topological polar surface area (TPSA) is 58.4 Å². The van der Waals surface area contributed by atoms with Crippen molar-refractivity contribution in [1.82, 2.24) is 4.90 Å². The lowest BCUT2D eigenvalue weighted by atomic mass is 9.93. The molecule has 0 aromatic heterocycles. The summed E-state index contributed by atoms with van der Waals surface area (Å²) in [5.41, 5.74) is 7.49. The number of amides is 1. The molecule has 0 bridgehead atoms. The Morgan fingerprint density at radius 3 is 2.85 bits per heavy atom. The molecule has 110 valence electrons. The molecule has 0 radical (unpaired) electrons. The molecule has 1 fully saturated rings. The predicted octanol–water partition coefficient (Wildman–Crippen LogP) is 2.20. The summed E-state index contributed by atoms with van der Waals surface area (Å²) in [7, 11) is 0. The van der Waals surface area contributed by atoms with Gasteiger partial charge in [0.1, 0.15) is 0 Å². The van der Waals surface area contributed by atoms with Gasteiger partial charge in [0.25, 0.3) is 0 Å². The normalized spacial score (nSPS) is 23.6. The average molecular weight is 275 g/mol. The Hall–Kier alpha value is -1.39. The van der Waals surface area contributed by atoms with Gasteiger partial charge in [0, 0.05) is 18.3 Å². The lowest BCUT2D eigenvalue weighted by molar-refractivity contribution is -0.118. The minimum absolute atomic E-state index is 0.0484. The van der Waals surface area contributed by atoms with Gasteiger partial charge < -0.3 is 11.1 Å². The van der Waals surface area contributed by atoms with Crippen molar-refractivity contribution in [3.63, 3.8) is 0 Å². The highest BCUT2D eigenvalue weighted by Crippen LogP contribution is 2.22. The van der Waals surface area contributed by atoms with E-state index in [0.717, 1.165) is 23.7 Å².